The number of rotatable bonds is 2. The fourth-order valence-corrected chi connectivity index (χ4v) is 1.57. The summed E-state index contributed by atoms with van der Waals surface area (Å²) in [5.74, 6) is -0.916. The van der Waals surface area contributed by atoms with Crippen LogP contribution in [0.15, 0.2) is 30.5 Å². The molecule has 0 aliphatic heterocycles. The molecular formula is C13H8F4N4. The van der Waals surface area contributed by atoms with Crippen LogP contribution in [-0.4, -0.2) is 4.98 Å². The maximum absolute atomic E-state index is 13.6. The fraction of sp³-hybridized carbons (Fsp3) is 0.0769. The van der Waals surface area contributed by atoms with Crippen molar-refractivity contribution in [1.82, 2.24) is 4.98 Å². The van der Waals surface area contributed by atoms with Gasteiger partial charge in [0.15, 0.2) is 5.82 Å². The number of alkyl halides is 3. The fourth-order valence-electron chi connectivity index (χ4n) is 1.57. The predicted molar refractivity (Wildman–Crippen MR) is 68.0 cm³/mol. The highest BCUT2D eigenvalue weighted by atomic mass is 19.4. The van der Waals surface area contributed by atoms with Crippen molar-refractivity contribution in [3.63, 3.8) is 0 Å². The monoisotopic (exact) mass is 296 g/mol. The Morgan fingerprint density at radius 2 is 1.95 bits per heavy atom. The van der Waals surface area contributed by atoms with Crippen LogP contribution < -0.4 is 11.1 Å². The minimum atomic E-state index is -4.59. The zero-order valence-corrected chi connectivity index (χ0v) is 10.4. The molecule has 0 amide bonds. The lowest BCUT2D eigenvalue weighted by Crippen LogP contribution is -2.07. The minimum absolute atomic E-state index is 0.0193. The molecule has 8 heteroatoms. The Morgan fingerprint density at radius 1 is 1.24 bits per heavy atom. The van der Waals surface area contributed by atoms with Crippen LogP contribution in [0.4, 0.5) is 34.8 Å². The topological polar surface area (TPSA) is 74.7 Å². The molecule has 2 rings (SSSR count). The Bertz CT molecular complexity index is 719. The molecule has 2 aromatic rings. The number of hydrogen-bond acceptors (Lipinski definition) is 4. The summed E-state index contributed by atoms with van der Waals surface area (Å²) in [5, 5.41) is 11.0. The lowest BCUT2D eigenvalue weighted by Gasteiger charge is -2.12. The molecule has 1 aromatic heterocycles. The van der Waals surface area contributed by atoms with Gasteiger partial charge >= 0.3 is 6.18 Å². The third-order valence-corrected chi connectivity index (χ3v) is 2.59. The Morgan fingerprint density at radius 3 is 2.52 bits per heavy atom. The second kappa shape index (κ2) is 5.28. The van der Waals surface area contributed by atoms with E-state index in [1.165, 1.54) is 12.3 Å². The quantitative estimate of drug-likeness (QED) is 0.832. The lowest BCUT2D eigenvalue weighted by molar-refractivity contribution is -0.137. The second-order valence-electron chi connectivity index (χ2n) is 4.09. The van der Waals surface area contributed by atoms with E-state index >= 15 is 0 Å². The maximum Gasteiger partial charge on any atom is 0.416 e. The summed E-state index contributed by atoms with van der Waals surface area (Å²) in [5.41, 5.74) is 4.39. The van der Waals surface area contributed by atoms with Crippen molar-refractivity contribution in [3.05, 3.63) is 47.4 Å². The number of nitrogens with two attached hydrogens (primary N) is 1. The average molecular weight is 296 g/mol. The number of nitriles is 1. The molecule has 1 aromatic carbocycles. The van der Waals surface area contributed by atoms with Crippen molar-refractivity contribution < 1.29 is 17.6 Å². The van der Waals surface area contributed by atoms with E-state index in [4.69, 9.17) is 11.0 Å². The van der Waals surface area contributed by atoms with Gasteiger partial charge in [-0.15, -0.1) is 0 Å². The summed E-state index contributed by atoms with van der Waals surface area (Å²) in [4.78, 5) is 3.77. The molecule has 0 saturated carbocycles. The molecule has 0 fully saturated rings. The van der Waals surface area contributed by atoms with Gasteiger partial charge in [0, 0.05) is 6.20 Å². The van der Waals surface area contributed by atoms with Gasteiger partial charge in [-0.05, 0) is 24.3 Å². The molecule has 3 N–H and O–H groups in total. The smallest absolute Gasteiger partial charge is 0.396 e. The molecule has 0 aliphatic carbocycles. The van der Waals surface area contributed by atoms with Crippen molar-refractivity contribution in [2.75, 3.05) is 11.1 Å². The molecule has 4 nitrogen and oxygen atoms in total. The number of halogens is 4. The van der Waals surface area contributed by atoms with E-state index in [9.17, 15) is 17.6 Å². The largest absolute Gasteiger partial charge is 0.416 e. The number of nitrogen functional groups attached to an aromatic ring is 1. The van der Waals surface area contributed by atoms with Gasteiger partial charge in [0.2, 0.25) is 0 Å². The number of nitrogens with one attached hydrogen (secondary N) is 1. The van der Waals surface area contributed by atoms with E-state index in [0.717, 1.165) is 0 Å². The van der Waals surface area contributed by atoms with Crippen molar-refractivity contribution in [2.24, 2.45) is 0 Å². The zero-order chi connectivity index (χ0) is 15.6. The summed E-state index contributed by atoms with van der Waals surface area (Å²) < 4.78 is 51.3. The summed E-state index contributed by atoms with van der Waals surface area (Å²) in [6.45, 7) is 0. The zero-order valence-electron chi connectivity index (χ0n) is 10.4. The first kappa shape index (κ1) is 14.6. The molecular weight excluding hydrogens is 288 g/mol. The Hall–Kier alpha value is -2.82. The van der Waals surface area contributed by atoms with Crippen molar-refractivity contribution >= 4 is 17.2 Å². The van der Waals surface area contributed by atoms with Gasteiger partial charge in [-0.25, -0.2) is 9.37 Å². The van der Waals surface area contributed by atoms with Crippen LogP contribution in [0.25, 0.3) is 0 Å². The van der Waals surface area contributed by atoms with Gasteiger partial charge in [-0.2, -0.15) is 18.4 Å². The third kappa shape index (κ3) is 3.20. The van der Waals surface area contributed by atoms with Gasteiger partial charge < -0.3 is 11.1 Å². The highest BCUT2D eigenvalue weighted by molar-refractivity contribution is 5.70. The van der Waals surface area contributed by atoms with Crippen LogP contribution in [0, 0.1) is 17.1 Å². The SMILES string of the molecule is N#Cc1cnc(Nc2cc(C(F)(F)F)ccc2F)c(N)c1. The highest BCUT2D eigenvalue weighted by Crippen LogP contribution is 2.33. The molecule has 0 aliphatic rings. The van der Waals surface area contributed by atoms with E-state index in [0.29, 0.717) is 18.2 Å². The van der Waals surface area contributed by atoms with Crippen molar-refractivity contribution in [2.45, 2.75) is 6.18 Å². The number of benzene rings is 1. The van der Waals surface area contributed by atoms with E-state index in [2.05, 4.69) is 10.3 Å². The second-order valence-corrected chi connectivity index (χ2v) is 4.09. The molecule has 0 unspecified atom stereocenters. The van der Waals surface area contributed by atoms with Crippen LogP contribution in [0.1, 0.15) is 11.1 Å². The number of nitrogens with zero attached hydrogens (tertiary/aromatic N) is 2. The first-order valence-electron chi connectivity index (χ1n) is 5.60. The van der Waals surface area contributed by atoms with E-state index < -0.39 is 23.2 Å². The third-order valence-electron chi connectivity index (χ3n) is 2.59. The lowest BCUT2D eigenvalue weighted by atomic mass is 10.2. The highest BCUT2D eigenvalue weighted by Gasteiger charge is 2.31. The van der Waals surface area contributed by atoms with Gasteiger partial charge in [0.05, 0.1) is 22.5 Å². The van der Waals surface area contributed by atoms with E-state index in [1.54, 1.807) is 6.07 Å². The average Bonchev–Trinajstić information content (AvgIpc) is 2.42. The molecule has 0 radical (unpaired) electrons. The number of pyridine rings is 1. The van der Waals surface area contributed by atoms with Gasteiger partial charge in [-0.3, -0.25) is 0 Å². The standard InChI is InChI=1S/C13H8F4N4/c14-9-2-1-8(13(15,16)17)4-11(9)21-12-10(19)3-7(5-18)6-20-12/h1-4,6H,19H2,(H,20,21). The van der Waals surface area contributed by atoms with E-state index in [-0.39, 0.29) is 17.1 Å². The van der Waals surface area contributed by atoms with Gasteiger partial charge in [-0.1, -0.05) is 0 Å². The number of aromatic nitrogens is 1. The Balaban J connectivity index is 2.38. The molecule has 0 saturated heterocycles. The summed E-state index contributed by atoms with van der Waals surface area (Å²) in [6, 6.07) is 5.04. The van der Waals surface area contributed by atoms with Crippen LogP contribution in [0.2, 0.25) is 0 Å². The normalized spacial score (nSPS) is 11.0. The minimum Gasteiger partial charge on any atom is -0.396 e. The molecule has 0 bridgehead atoms. The van der Waals surface area contributed by atoms with Crippen LogP contribution in [0.3, 0.4) is 0 Å². The Labute approximate surface area is 116 Å². The summed E-state index contributed by atoms with van der Waals surface area (Å²) in [6.07, 6.45) is -3.42. The molecule has 108 valence electrons. The van der Waals surface area contributed by atoms with Crippen molar-refractivity contribution in [3.8, 4) is 6.07 Å². The van der Waals surface area contributed by atoms with Gasteiger partial charge in [0.25, 0.3) is 0 Å². The number of hydrogen-bond donors (Lipinski definition) is 2. The number of anilines is 3. The van der Waals surface area contributed by atoms with E-state index in [1.807, 2.05) is 0 Å². The molecule has 0 atom stereocenters. The first-order chi connectivity index (χ1) is 9.81. The molecule has 21 heavy (non-hydrogen) atoms. The summed E-state index contributed by atoms with van der Waals surface area (Å²) >= 11 is 0. The van der Waals surface area contributed by atoms with Crippen molar-refractivity contribution in [1.29, 1.82) is 5.26 Å². The first-order valence-corrected chi connectivity index (χ1v) is 5.60. The summed E-state index contributed by atoms with van der Waals surface area (Å²) in [7, 11) is 0. The Kier molecular flexibility index (Phi) is 3.67. The van der Waals surface area contributed by atoms with Crippen LogP contribution in [-0.2, 0) is 6.18 Å². The van der Waals surface area contributed by atoms with Crippen LogP contribution >= 0.6 is 0 Å². The van der Waals surface area contributed by atoms with Crippen LogP contribution in [0.5, 0.6) is 0 Å². The molecule has 0 spiro atoms. The van der Waals surface area contributed by atoms with Gasteiger partial charge in [0.1, 0.15) is 11.9 Å². The molecule has 1 heterocycles. The predicted octanol–water partition coefficient (Wildman–Crippen LogP) is 3.44. The maximum atomic E-state index is 13.6.